The highest BCUT2D eigenvalue weighted by molar-refractivity contribution is 5.29. The fourth-order valence-corrected chi connectivity index (χ4v) is 1.59. The third kappa shape index (κ3) is 3.21. The maximum atomic E-state index is 5.88. The molecule has 0 saturated carbocycles. The van der Waals surface area contributed by atoms with E-state index in [-0.39, 0.29) is 6.04 Å². The molecule has 0 fully saturated rings. The van der Waals surface area contributed by atoms with Crippen LogP contribution in [0.2, 0.25) is 0 Å². The van der Waals surface area contributed by atoms with Crippen LogP contribution in [0.4, 0.5) is 5.95 Å². The van der Waals surface area contributed by atoms with Gasteiger partial charge >= 0.3 is 0 Å². The number of ether oxygens (including phenoxy) is 1. The molecule has 5 heteroatoms. The van der Waals surface area contributed by atoms with Gasteiger partial charge in [0.05, 0.1) is 6.61 Å². The molecule has 1 atom stereocenters. The minimum Gasteiger partial charge on any atom is -0.383 e. The molecule has 1 rings (SSSR count). The van der Waals surface area contributed by atoms with Crippen molar-refractivity contribution in [3.8, 4) is 0 Å². The Morgan fingerprint density at radius 1 is 1.67 bits per heavy atom. The van der Waals surface area contributed by atoms with Crippen molar-refractivity contribution in [2.75, 3.05) is 32.2 Å². The van der Waals surface area contributed by atoms with E-state index in [2.05, 4.69) is 16.5 Å². The standard InChI is InChI=1S/C10H20N4O/c1-4-14-6-5-12-10(14)13(2)7-9(11)8-15-3/h5-6,9H,4,7-8,11H2,1-3H3. The van der Waals surface area contributed by atoms with Crippen molar-refractivity contribution >= 4 is 5.95 Å². The van der Waals surface area contributed by atoms with E-state index in [1.165, 1.54) is 0 Å². The molecule has 0 radical (unpaired) electrons. The molecule has 1 aromatic heterocycles. The minimum atomic E-state index is 0.0157. The van der Waals surface area contributed by atoms with Crippen molar-refractivity contribution in [3.05, 3.63) is 12.4 Å². The molecule has 5 nitrogen and oxygen atoms in total. The van der Waals surface area contributed by atoms with Crippen LogP contribution in [0.5, 0.6) is 0 Å². The lowest BCUT2D eigenvalue weighted by Crippen LogP contribution is -2.39. The average Bonchev–Trinajstić information content (AvgIpc) is 2.65. The Bertz CT molecular complexity index is 287. The van der Waals surface area contributed by atoms with Crippen LogP contribution in [-0.4, -0.2) is 42.9 Å². The van der Waals surface area contributed by atoms with Crippen molar-refractivity contribution in [1.29, 1.82) is 0 Å². The van der Waals surface area contributed by atoms with E-state index in [4.69, 9.17) is 10.5 Å². The third-order valence-corrected chi connectivity index (χ3v) is 2.26. The fourth-order valence-electron chi connectivity index (χ4n) is 1.59. The van der Waals surface area contributed by atoms with Gasteiger partial charge in [-0.2, -0.15) is 0 Å². The first-order valence-electron chi connectivity index (χ1n) is 5.15. The highest BCUT2D eigenvalue weighted by atomic mass is 16.5. The Morgan fingerprint density at radius 2 is 2.40 bits per heavy atom. The Kier molecular flexibility index (Phi) is 4.58. The number of imidazole rings is 1. The number of anilines is 1. The smallest absolute Gasteiger partial charge is 0.205 e. The molecule has 0 aromatic carbocycles. The number of hydrogen-bond acceptors (Lipinski definition) is 4. The average molecular weight is 212 g/mol. The van der Waals surface area contributed by atoms with Crippen LogP contribution < -0.4 is 10.6 Å². The van der Waals surface area contributed by atoms with Crippen LogP contribution in [0, 0.1) is 0 Å². The van der Waals surface area contributed by atoms with Gasteiger partial charge in [-0.25, -0.2) is 4.98 Å². The van der Waals surface area contributed by atoms with Gasteiger partial charge in [-0.3, -0.25) is 0 Å². The van der Waals surface area contributed by atoms with Crippen molar-refractivity contribution in [2.45, 2.75) is 19.5 Å². The molecule has 86 valence electrons. The van der Waals surface area contributed by atoms with Gasteiger partial charge in [0.1, 0.15) is 0 Å². The molecular weight excluding hydrogens is 192 g/mol. The first-order chi connectivity index (χ1) is 7.19. The van der Waals surface area contributed by atoms with Gasteiger partial charge in [-0.05, 0) is 6.92 Å². The van der Waals surface area contributed by atoms with Crippen molar-refractivity contribution in [3.63, 3.8) is 0 Å². The maximum Gasteiger partial charge on any atom is 0.205 e. The second-order valence-electron chi connectivity index (χ2n) is 3.61. The van der Waals surface area contributed by atoms with Gasteiger partial charge in [-0.1, -0.05) is 0 Å². The molecule has 0 saturated heterocycles. The van der Waals surface area contributed by atoms with Crippen LogP contribution >= 0.6 is 0 Å². The van der Waals surface area contributed by atoms with Crippen LogP contribution in [0.3, 0.4) is 0 Å². The van der Waals surface area contributed by atoms with E-state index in [0.29, 0.717) is 6.61 Å². The third-order valence-electron chi connectivity index (χ3n) is 2.26. The van der Waals surface area contributed by atoms with E-state index < -0.39 is 0 Å². The largest absolute Gasteiger partial charge is 0.383 e. The highest BCUT2D eigenvalue weighted by Gasteiger charge is 2.11. The topological polar surface area (TPSA) is 56.3 Å². The molecule has 0 bridgehead atoms. The van der Waals surface area contributed by atoms with E-state index >= 15 is 0 Å². The lowest BCUT2D eigenvalue weighted by Gasteiger charge is -2.22. The van der Waals surface area contributed by atoms with Crippen molar-refractivity contribution in [1.82, 2.24) is 9.55 Å². The number of methoxy groups -OCH3 is 1. The lowest BCUT2D eigenvalue weighted by molar-refractivity contribution is 0.181. The van der Waals surface area contributed by atoms with Crippen molar-refractivity contribution < 1.29 is 4.74 Å². The first kappa shape index (κ1) is 12.0. The Labute approximate surface area is 90.8 Å². The summed E-state index contributed by atoms with van der Waals surface area (Å²) in [6, 6.07) is 0.0157. The predicted molar refractivity (Wildman–Crippen MR) is 61.0 cm³/mol. The number of aryl methyl sites for hydroxylation is 1. The van der Waals surface area contributed by atoms with Gasteiger partial charge in [0, 0.05) is 45.7 Å². The second-order valence-corrected chi connectivity index (χ2v) is 3.61. The molecular formula is C10H20N4O. The number of aromatic nitrogens is 2. The molecule has 2 N–H and O–H groups in total. The SMILES string of the molecule is CCn1ccnc1N(C)CC(N)COC. The lowest BCUT2D eigenvalue weighted by atomic mass is 10.3. The van der Waals surface area contributed by atoms with Gasteiger partial charge in [0.25, 0.3) is 0 Å². The summed E-state index contributed by atoms with van der Waals surface area (Å²) in [5.41, 5.74) is 5.88. The van der Waals surface area contributed by atoms with Crippen molar-refractivity contribution in [2.24, 2.45) is 5.73 Å². The molecule has 0 aliphatic carbocycles. The number of hydrogen-bond donors (Lipinski definition) is 1. The van der Waals surface area contributed by atoms with Crippen LogP contribution in [-0.2, 0) is 11.3 Å². The summed E-state index contributed by atoms with van der Waals surface area (Å²) in [7, 11) is 3.65. The monoisotopic (exact) mass is 212 g/mol. The minimum absolute atomic E-state index is 0.0157. The fraction of sp³-hybridized carbons (Fsp3) is 0.700. The van der Waals surface area contributed by atoms with Crippen LogP contribution in [0.15, 0.2) is 12.4 Å². The summed E-state index contributed by atoms with van der Waals surface area (Å²) < 4.78 is 7.08. The summed E-state index contributed by atoms with van der Waals surface area (Å²) >= 11 is 0. The molecule has 0 aliphatic heterocycles. The van der Waals surface area contributed by atoms with E-state index in [0.717, 1.165) is 19.0 Å². The number of nitrogens with two attached hydrogens (primary N) is 1. The Balaban J connectivity index is 2.56. The van der Waals surface area contributed by atoms with Gasteiger partial charge < -0.3 is 19.9 Å². The highest BCUT2D eigenvalue weighted by Crippen LogP contribution is 2.09. The van der Waals surface area contributed by atoms with E-state index in [1.807, 2.05) is 18.1 Å². The quantitative estimate of drug-likeness (QED) is 0.737. The first-order valence-corrected chi connectivity index (χ1v) is 5.15. The van der Waals surface area contributed by atoms with Gasteiger partial charge in [-0.15, -0.1) is 0 Å². The second kappa shape index (κ2) is 5.72. The number of rotatable bonds is 6. The zero-order valence-electron chi connectivity index (χ0n) is 9.68. The zero-order chi connectivity index (χ0) is 11.3. The molecule has 1 unspecified atom stereocenters. The zero-order valence-corrected chi connectivity index (χ0v) is 9.68. The summed E-state index contributed by atoms with van der Waals surface area (Å²) in [5, 5.41) is 0. The molecule has 15 heavy (non-hydrogen) atoms. The van der Waals surface area contributed by atoms with E-state index in [1.54, 1.807) is 13.3 Å². The van der Waals surface area contributed by atoms with Crippen LogP contribution in [0.1, 0.15) is 6.92 Å². The molecule has 1 heterocycles. The normalized spacial score (nSPS) is 12.8. The van der Waals surface area contributed by atoms with Crippen LogP contribution in [0.25, 0.3) is 0 Å². The van der Waals surface area contributed by atoms with Gasteiger partial charge in [0.2, 0.25) is 5.95 Å². The van der Waals surface area contributed by atoms with Gasteiger partial charge in [0.15, 0.2) is 0 Å². The summed E-state index contributed by atoms with van der Waals surface area (Å²) in [6.45, 7) is 4.31. The number of likely N-dealkylation sites (N-methyl/N-ethyl adjacent to an activating group) is 1. The summed E-state index contributed by atoms with van der Waals surface area (Å²) in [6.07, 6.45) is 3.77. The molecule has 0 amide bonds. The Morgan fingerprint density at radius 3 is 3.00 bits per heavy atom. The van der Waals surface area contributed by atoms with E-state index in [9.17, 15) is 0 Å². The Hall–Kier alpha value is -1.07. The number of nitrogens with zero attached hydrogens (tertiary/aromatic N) is 3. The maximum absolute atomic E-state index is 5.88. The molecule has 0 aliphatic rings. The molecule has 0 spiro atoms. The predicted octanol–water partition coefficient (Wildman–Crippen LogP) is 0.313. The summed E-state index contributed by atoms with van der Waals surface area (Å²) in [5.74, 6) is 0.948. The summed E-state index contributed by atoms with van der Waals surface area (Å²) in [4.78, 5) is 6.34. The molecule has 1 aromatic rings.